The third-order valence-electron chi connectivity index (χ3n) is 2.81. The van der Waals surface area contributed by atoms with Gasteiger partial charge in [-0.15, -0.1) is 5.10 Å². The summed E-state index contributed by atoms with van der Waals surface area (Å²) in [5.41, 5.74) is 7.56. The monoisotopic (exact) mass is 259 g/mol. The van der Waals surface area contributed by atoms with Gasteiger partial charge in [0.15, 0.2) is 0 Å². The van der Waals surface area contributed by atoms with Crippen LogP contribution in [0.5, 0.6) is 0 Å². The maximum atomic E-state index is 11.7. The van der Waals surface area contributed by atoms with Gasteiger partial charge in [-0.2, -0.15) is 0 Å². The Hall–Kier alpha value is -2.37. The topological polar surface area (TPSA) is 85.8 Å². The molecule has 0 spiro atoms. The highest BCUT2D eigenvalue weighted by molar-refractivity contribution is 5.76. The van der Waals surface area contributed by atoms with Gasteiger partial charge in [0.1, 0.15) is 0 Å². The van der Waals surface area contributed by atoms with Crippen LogP contribution in [0.2, 0.25) is 0 Å². The molecule has 0 aliphatic rings. The Kier molecular flexibility index (Phi) is 4.49. The zero-order valence-electron chi connectivity index (χ0n) is 10.6. The van der Waals surface area contributed by atoms with Crippen LogP contribution in [0.15, 0.2) is 36.7 Å². The van der Waals surface area contributed by atoms with E-state index in [1.807, 2.05) is 24.3 Å². The molecule has 1 aromatic heterocycles. The van der Waals surface area contributed by atoms with Crippen molar-refractivity contribution < 1.29 is 4.79 Å². The van der Waals surface area contributed by atoms with Crippen molar-refractivity contribution in [3.05, 3.63) is 42.2 Å². The number of aryl methyl sites for hydroxylation is 1. The number of para-hydroxylation sites is 1. The molecule has 0 saturated heterocycles. The van der Waals surface area contributed by atoms with Crippen molar-refractivity contribution in [1.29, 1.82) is 0 Å². The first-order chi connectivity index (χ1) is 9.25. The minimum atomic E-state index is 0.0170. The van der Waals surface area contributed by atoms with Crippen LogP contribution >= 0.6 is 0 Å². The van der Waals surface area contributed by atoms with Crippen molar-refractivity contribution in [1.82, 2.24) is 20.3 Å². The number of nitrogens with two attached hydrogens (primary N) is 1. The highest BCUT2D eigenvalue weighted by Crippen LogP contribution is 2.12. The van der Waals surface area contributed by atoms with Crippen LogP contribution in [0, 0.1) is 0 Å². The second-order valence-corrected chi connectivity index (χ2v) is 4.21. The molecule has 0 saturated carbocycles. The zero-order valence-corrected chi connectivity index (χ0v) is 10.6. The fourth-order valence-corrected chi connectivity index (χ4v) is 1.76. The summed E-state index contributed by atoms with van der Waals surface area (Å²) in [4.78, 5) is 11.7. The summed E-state index contributed by atoms with van der Waals surface area (Å²) >= 11 is 0. The molecule has 0 aliphatic heterocycles. The van der Waals surface area contributed by atoms with Gasteiger partial charge in [-0.05, 0) is 18.1 Å². The van der Waals surface area contributed by atoms with Gasteiger partial charge in [0, 0.05) is 24.8 Å². The number of carbonyl (C=O) groups excluding carboxylic acids is 1. The molecule has 6 nitrogen and oxygen atoms in total. The van der Waals surface area contributed by atoms with Gasteiger partial charge in [-0.25, -0.2) is 0 Å². The number of hydrogen-bond acceptors (Lipinski definition) is 4. The molecule has 2 rings (SSSR count). The predicted octanol–water partition coefficient (Wildman–Crippen LogP) is 0.609. The van der Waals surface area contributed by atoms with Crippen molar-refractivity contribution in [2.75, 3.05) is 12.3 Å². The molecule has 2 aromatic rings. The fourth-order valence-electron chi connectivity index (χ4n) is 1.76. The summed E-state index contributed by atoms with van der Waals surface area (Å²) in [5.74, 6) is 0.0170. The Bertz CT molecular complexity index is 524. The van der Waals surface area contributed by atoms with E-state index in [1.54, 1.807) is 17.1 Å². The number of aromatic nitrogens is 3. The smallest absolute Gasteiger partial charge is 0.220 e. The van der Waals surface area contributed by atoms with E-state index in [-0.39, 0.29) is 5.91 Å². The van der Waals surface area contributed by atoms with Crippen molar-refractivity contribution in [2.45, 2.75) is 19.4 Å². The van der Waals surface area contributed by atoms with E-state index in [2.05, 4.69) is 15.6 Å². The average molecular weight is 259 g/mol. The first kappa shape index (κ1) is 13.1. The molecule has 0 aliphatic carbocycles. The molecule has 100 valence electrons. The summed E-state index contributed by atoms with van der Waals surface area (Å²) in [7, 11) is 0. The SMILES string of the molecule is Nc1ccccc1CCC(=O)NCCn1ccnn1. The highest BCUT2D eigenvalue weighted by Gasteiger charge is 2.04. The lowest BCUT2D eigenvalue weighted by atomic mass is 10.1. The molecular formula is C13H17N5O. The Labute approximate surface area is 111 Å². The van der Waals surface area contributed by atoms with E-state index >= 15 is 0 Å². The van der Waals surface area contributed by atoms with Crippen LogP contribution in [0.4, 0.5) is 5.69 Å². The quantitative estimate of drug-likeness (QED) is 0.744. The van der Waals surface area contributed by atoms with Gasteiger partial charge in [0.2, 0.25) is 5.91 Å². The molecule has 0 bridgehead atoms. The van der Waals surface area contributed by atoms with Crippen molar-refractivity contribution >= 4 is 11.6 Å². The Morgan fingerprint density at radius 2 is 2.21 bits per heavy atom. The van der Waals surface area contributed by atoms with Gasteiger partial charge in [0.25, 0.3) is 0 Å². The molecule has 0 fully saturated rings. The van der Waals surface area contributed by atoms with Gasteiger partial charge in [-0.3, -0.25) is 9.48 Å². The van der Waals surface area contributed by atoms with Gasteiger partial charge in [0.05, 0.1) is 12.7 Å². The van der Waals surface area contributed by atoms with E-state index in [0.29, 0.717) is 25.9 Å². The summed E-state index contributed by atoms with van der Waals surface area (Å²) in [6.45, 7) is 1.17. The van der Waals surface area contributed by atoms with Crippen LogP contribution < -0.4 is 11.1 Å². The van der Waals surface area contributed by atoms with Crippen LogP contribution in [0.25, 0.3) is 0 Å². The lowest BCUT2D eigenvalue weighted by Gasteiger charge is -2.06. The molecule has 0 atom stereocenters. The van der Waals surface area contributed by atoms with Crippen molar-refractivity contribution in [3.63, 3.8) is 0 Å². The Morgan fingerprint density at radius 1 is 1.37 bits per heavy atom. The summed E-state index contributed by atoms with van der Waals surface area (Å²) < 4.78 is 1.68. The zero-order chi connectivity index (χ0) is 13.5. The first-order valence-electron chi connectivity index (χ1n) is 6.20. The molecule has 1 heterocycles. The highest BCUT2D eigenvalue weighted by atomic mass is 16.1. The van der Waals surface area contributed by atoms with Crippen molar-refractivity contribution in [2.24, 2.45) is 0 Å². The number of rotatable bonds is 6. The third kappa shape index (κ3) is 4.09. The number of nitrogens with zero attached hydrogens (tertiary/aromatic N) is 3. The molecular weight excluding hydrogens is 242 g/mol. The number of nitrogen functional groups attached to an aromatic ring is 1. The maximum absolute atomic E-state index is 11.7. The lowest BCUT2D eigenvalue weighted by Crippen LogP contribution is -2.27. The van der Waals surface area contributed by atoms with Gasteiger partial charge in [-0.1, -0.05) is 23.4 Å². The lowest BCUT2D eigenvalue weighted by molar-refractivity contribution is -0.121. The van der Waals surface area contributed by atoms with E-state index < -0.39 is 0 Å². The molecule has 3 N–H and O–H groups in total. The average Bonchev–Trinajstić information content (AvgIpc) is 2.91. The largest absolute Gasteiger partial charge is 0.399 e. The van der Waals surface area contributed by atoms with E-state index in [1.165, 1.54) is 0 Å². The number of hydrogen-bond donors (Lipinski definition) is 2. The number of benzene rings is 1. The van der Waals surface area contributed by atoms with E-state index in [9.17, 15) is 4.79 Å². The van der Waals surface area contributed by atoms with Crippen molar-refractivity contribution in [3.8, 4) is 0 Å². The van der Waals surface area contributed by atoms with Crippen LogP contribution in [-0.4, -0.2) is 27.4 Å². The van der Waals surface area contributed by atoms with Crippen LogP contribution in [0.1, 0.15) is 12.0 Å². The number of nitrogens with one attached hydrogen (secondary N) is 1. The summed E-state index contributed by atoms with van der Waals surface area (Å²) in [6.07, 6.45) is 4.46. The summed E-state index contributed by atoms with van der Waals surface area (Å²) in [6, 6.07) is 7.60. The molecule has 19 heavy (non-hydrogen) atoms. The second-order valence-electron chi connectivity index (χ2n) is 4.21. The van der Waals surface area contributed by atoms with E-state index in [4.69, 9.17) is 5.73 Å². The standard InChI is InChI=1S/C13H17N5O/c14-12-4-2-1-3-11(12)5-6-13(19)15-7-9-18-10-8-16-17-18/h1-4,8,10H,5-7,9,14H2,(H,15,19). The molecule has 1 aromatic carbocycles. The molecule has 6 heteroatoms. The Morgan fingerprint density at radius 3 is 2.95 bits per heavy atom. The maximum Gasteiger partial charge on any atom is 0.220 e. The van der Waals surface area contributed by atoms with Crippen LogP contribution in [-0.2, 0) is 17.8 Å². The second kappa shape index (κ2) is 6.53. The van der Waals surface area contributed by atoms with Crippen LogP contribution in [0.3, 0.4) is 0 Å². The number of carbonyl (C=O) groups is 1. The predicted molar refractivity (Wildman–Crippen MR) is 72.2 cm³/mol. The molecule has 0 radical (unpaired) electrons. The third-order valence-corrected chi connectivity index (χ3v) is 2.81. The number of anilines is 1. The van der Waals surface area contributed by atoms with Gasteiger partial charge >= 0.3 is 0 Å². The molecule has 1 amide bonds. The van der Waals surface area contributed by atoms with Gasteiger partial charge < -0.3 is 11.1 Å². The number of amides is 1. The normalized spacial score (nSPS) is 10.3. The molecule has 0 unspecified atom stereocenters. The fraction of sp³-hybridized carbons (Fsp3) is 0.308. The summed E-state index contributed by atoms with van der Waals surface area (Å²) in [5, 5.41) is 10.4. The minimum absolute atomic E-state index is 0.0170. The first-order valence-corrected chi connectivity index (χ1v) is 6.20. The Balaban J connectivity index is 1.69. The van der Waals surface area contributed by atoms with E-state index in [0.717, 1.165) is 11.3 Å². The minimum Gasteiger partial charge on any atom is -0.399 e.